The first kappa shape index (κ1) is 36.2. The standard InChI is InChI=1S/C18H26FN6O5P.2C3H7.Ni/c1-4-10-13(30-31-21-6-5-7-26)11(19)17(29-10)25-8-20-12-14(25)22-18(24-16(12)28)23-15(27)9(2)3;2*1-3-2;/h7-11,13,17,21,31H,4-6H2,1-3H3,(H2,22,23,24,27,28);2*1,3H2,2H3;/q;2*-1;+2/t10-,11+,13?,17-;;;/m1.../s1. The third-order valence-electron chi connectivity index (χ3n) is 4.80. The maximum absolute atomic E-state index is 15.3. The van der Waals surface area contributed by atoms with E-state index in [0.29, 0.717) is 19.4 Å². The van der Waals surface area contributed by atoms with Crippen LogP contribution in [0.5, 0.6) is 0 Å². The Hall–Kier alpha value is -1.78. The maximum Gasteiger partial charge on any atom is 2.00 e. The molecular formula is C24H40FN6NiO5P. The number of nitrogens with one attached hydrogen (secondary N) is 3. The van der Waals surface area contributed by atoms with Crippen molar-refractivity contribution in [3.8, 4) is 0 Å². The third kappa shape index (κ3) is 10.4. The predicted octanol–water partition coefficient (Wildman–Crippen LogP) is 3.89. The number of rotatable bonds is 10. The average Bonchev–Trinajstić information content (AvgIpc) is 3.41. The van der Waals surface area contributed by atoms with Gasteiger partial charge in [-0.25, -0.2) is 9.37 Å². The number of imidazole rings is 1. The first-order valence-electron chi connectivity index (χ1n) is 12.4. The molecule has 0 spiro atoms. The molecule has 1 fully saturated rings. The van der Waals surface area contributed by atoms with Crippen LogP contribution in [0.15, 0.2) is 11.1 Å². The van der Waals surface area contributed by atoms with E-state index < -0.39 is 30.2 Å². The molecule has 0 saturated carbocycles. The summed E-state index contributed by atoms with van der Waals surface area (Å²) in [5.74, 6) is -0.688. The number of hydrogen-bond acceptors (Lipinski definition) is 8. The van der Waals surface area contributed by atoms with E-state index in [4.69, 9.17) is 9.26 Å². The van der Waals surface area contributed by atoms with Gasteiger partial charge in [-0.05, 0) is 6.42 Å². The number of anilines is 1. The largest absolute Gasteiger partial charge is 2.00 e. The van der Waals surface area contributed by atoms with E-state index in [-0.39, 0.29) is 54.4 Å². The number of carbonyl (C=O) groups excluding carboxylic acids is 2. The Morgan fingerprint density at radius 3 is 2.53 bits per heavy atom. The van der Waals surface area contributed by atoms with Crippen LogP contribution in [0.25, 0.3) is 11.2 Å². The van der Waals surface area contributed by atoms with E-state index >= 15 is 4.39 Å². The Morgan fingerprint density at radius 2 is 1.97 bits per heavy atom. The summed E-state index contributed by atoms with van der Waals surface area (Å²) in [5, 5.41) is 5.46. The molecule has 1 amide bonds. The molecule has 0 aliphatic carbocycles. The number of fused-ring (bicyclic) bond motifs is 1. The number of carbonyl (C=O) groups is 2. The van der Waals surface area contributed by atoms with Crippen LogP contribution in [0.2, 0.25) is 0 Å². The number of amides is 1. The maximum atomic E-state index is 15.3. The van der Waals surface area contributed by atoms with Gasteiger partial charge in [0.25, 0.3) is 5.56 Å². The van der Waals surface area contributed by atoms with Gasteiger partial charge in [0.1, 0.15) is 12.4 Å². The number of alkyl halides is 1. The molecule has 0 aromatic carbocycles. The Morgan fingerprint density at radius 1 is 1.34 bits per heavy atom. The van der Waals surface area contributed by atoms with Crippen LogP contribution in [0.1, 0.15) is 66.5 Å². The second kappa shape index (κ2) is 19.3. The van der Waals surface area contributed by atoms with Crippen molar-refractivity contribution < 1.29 is 39.7 Å². The number of aromatic nitrogens is 4. The number of ether oxygens (including phenoxy) is 1. The first-order valence-corrected chi connectivity index (χ1v) is 13.3. The molecule has 0 bridgehead atoms. The molecule has 14 heteroatoms. The minimum Gasteiger partial charge on any atom is -0.349 e. The minimum absolute atomic E-state index is 0. The van der Waals surface area contributed by atoms with Crippen molar-refractivity contribution in [1.29, 1.82) is 0 Å². The quantitative estimate of drug-likeness (QED) is 0.123. The second-order valence-electron chi connectivity index (χ2n) is 8.37. The summed E-state index contributed by atoms with van der Waals surface area (Å²) in [6.07, 6.45) is 0.939. The summed E-state index contributed by atoms with van der Waals surface area (Å²) >= 11 is 0. The third-order valence-corrected chi connectivity index (χ3v) is 5.58. The van der Waals surface area contributed by atoms with Gasteiger partial charge in [0, 0.05) is 18.9 Å². The van der Waals surface area contributed by atoms with Gasteiger partial charge in [-0.2, -0.15) is 17.8 Å². The van der Waals surface area contributed by atoms with Gasteiger partial charge < -0.3 is 27.9 Å². The summed E-state index contributed by atoms with van der Waals surface area (Å²) in [7, 11) is -0.194. The zero-order chi connectivity index (χ0) is 28.0. The SMILES string of the molecule is CC[C@H]1O[C@@H](n2cnc3c(=O)[nH]c(NC(=O)C(C)C)nc32)[C@@H](F)C1OPNCCC=O.[CH2-]CC.[CH2-]CC.[Ni+2]. The molecule has 218 valence electrons. The van der Waals surface area contributed by atoms with E-state index in [1.165, 1.54) is 10.9 Å². The van der Waals surface area contributed by atoms with Crippen molar-refractivity contribution >= 4 is 38.3 Å². The van der Waals surface area contributed by atoms with Crippen molar-refractivity contribution in [2.75, 3.05) is 11.9 Å². The van der Waals surface area contributed by atoms with Crippen LogP contribution in [-0.2, 0) is 35.3 Å². The van der Waals surface area contributed by atoms with Gasteiger partial charge in [0.15, 0.2) is 23.6 Å². The molecule has 1 saturated heterocycles. The number of nitrogens with zero attached hydrogens (tertiary/aromatic N) is 3. The fourth-order valence-corrected chi connectivity index (χ4v) is 3.86. The van der Waals surface area contributed by atoms with Crippen LogP contribution in [0.3, 0.4) is 0 Å². The zero-order valence-electron chi connectivity index (χ0n) is 22.6. The Labute approximate surface area is 235 Å². The van der Waals surface area contributed by atoms with Crippen molar-refractivity contribution in [1.82, 2.24) is 24.6 Å². The summed E-state index contributed by atoms with van der Waals surface area (Å²) in [6, 6.07) is 0. The molecule has 0 radical (unpaired) electrons. The van der Waals surface area contributed by atoms with Gasteiger partial charge in [-0.3, -0.25) is 29.5 Å². The molecule has 2 aromatic heterocycles. The molecule has 3 heterocycles. The summed E-state index contributed by atoms with van der Waals surface area (Å²) < 4.78 is 28.2. The predicted molar refractivity (Wildman–Crippen MR) is 144 cm³/mol. The average molecular weight is 601 g/mol. The Bertz CT molecular complexity index is 1020. The molecule has 5 atom stereocenters. The smallest absolute Gasteiger partial charge is 0.349 e. The Balaban J connectivity index is 0.00000179. The fraction of sp³-hybridized carbons (Fsp3) is 0.625. The number of aldehydes is 1. The fourth-order valence-electron chi connectivity index (χ4n) is 3.11. The number of hydrogen-bond donors (Lipinski definition) is 3. The Kier molecular flexibility index (Phi) is 18.4. The summed E-state index contributed by atoms with van der Waals surface area (Å²) in [6.45, 7) is 16.7. The first-order chi connectivity index (χ1) is 17.7. The van der Waals surface area contributed by atoms with Gasteiger partial charge >= 0.3 is 16.5 Å². The summed E-state index contributed by atoms with van der Waals surface area (Å²) in [4.78, 5) is 45.4. The van der Waals surface area contributed by atoms with Gasteiger partial charge in [0.05, 0.1) is 21.4 Å². The van der Waals surface area contributed by atoms with Crippen LogP contribution in [-0.4, -0.2) is 56.6 Å². The van der Waals surface area contributed by atoms with E-state index in [1.807, 2.05) is 20.8 Å². The molecule has 3 N–H and O–H groups in total. The van der Waals surface area contributed by atoms with Gasteiger partial charge in [0.2, 0.25) is 11.9 Å². The topological polar surface area (TPSA) is 140 Å². The van der Waals surface area contributed by atoms with Crippen LogP contribution < -0.4 is 16.0 Å². The van der Waals surface area contributed by atoms with Crippen molar-refractivity contribution in [2.45, 2.75) is 84.9 Å². The van der Waals surface area contributed by atoms with E-state index in [9.17, 15) is 14.4 Å². The monoisotopic (exact) mass is 600 g/mol. The molecule has 11 nitrogen and oxygen atoms in total. The molecule has 2 unspecified atom stereocenters. The number of H-pyrrole nitrogens is 1. The molecule has 38 heavy (non-hydrogen) atoms. The van der Waals surface area contributed by atoms with Crippen molar-refractivity contribution in [3.63, 3.8) is 0 Å². The normalized spacial score (nSPS) is 20.4. The molecule has 1 aliphatic heterocycles. The molecular weight excluding hydrogens is 561 g/mol. The second-order valence-corrected chi connectivity index (χ2v) is 9.16. The molecule has 2 aromatic rings. The van der Waals surface area contributed by atoms with Crippen molar-refractivity contribution in [2.24, 2.45) is 5.92 Å². The molecule has 3 rings (SSSR count). The van der Waals surface area contributed by atoms with Crippen LogP contribution in [0.4, 0.5) is 10.3 Å². The van der Waals surface area contributed by atoms with E-state index in [0.717, 1.165) is 19.1 Å². The van der Waals surface area contributed by atoms with E-state index in [2.05, 4.69) is 39.2 Å². The number of aromatic amines is 1. The van der Waals surface area contributed by atoms with Crippen LogP contribution in [0, 0.1) is 19.8 Å². The van der Waals surface area contributed by atoms with Gasteiger partial charge in [-0.15, -0.1) is 0 Å². The van der Waals surface area contributed by atoms with Crippen LogP contribution >= 0.6 is 8.96 Å². The molecule has 1 aliphatic rings. The van der Waals surface area contributed by atoms with Crippen molar-refractivity contribution in [3.05, 3.63) is 30.5 Å². The van der Waals surface area contributed by atoms with E-state index in [1.54, 1.807) is 13.8 Å². The minimum atomic E-state index is -1.54. The van der Waals surface area contributed by atoms with Gasteiger partial charge in [-0.1, -0.05) is 34.6 Å². The zero-order valence-corrected chi connectivity index (χ0v) is 24.6. The summed E-state index contributed by atoms with van der Waals surface area (Å²) in [5.41, 5.74) is -0.456. The number of halogens is 1.